The van der Waals surface area contributed by atoms with Crippen molar-refractivity contribution in [2.24, 2.45) is 5.84 Å². The number of nitrogens with zero attached hydrogens (tertiary/aromatic N) is 3. The summed E-state index contributed by atoms with van der Waals surface area (Å²) < 4.78 is 0. The molecule has 1 unspecified atom stereocenters. The van der Waals surface area contributed by atoms with Gasteiger partial charge >= 0.3 is 0 Å². The van der Waals surface area contributed by atoms with Gasteiger partial charge in [0, 0.05) is 11.4 Å². The summed E-state index contributed by atoms with van der Waals surface area (Å²) >= 11 is 1.66. The Morgan fingerprint density at radius 3 is 2.71 bits per heavy atom. The van der Waals surface area contributed by atoms with Crippen LogP contribution in [0.25, 0.3) is 10.2 Å². The predicted molar refractivity (Wildman–Crippen MR) is 87.3 cm³/mol. The highest BCUT2D eigenvalue weighted by molar-refractivity contribution is 7.18. The molecule has 0 aliphatic heterocycles. The SMILES string of the molecule is Cc1sc2nc(CN(C)CCC(C)O)nc(NN)c2c1C. The van der Waals surface area contributed by atoms with Crippen molar-refractivity contribution in [1.29, 1.82) is 0 Å². The fourth-order valence-electron chi connectivity index (χ4n) is 2.20. The van der Waals surface area contributed by atoms with Crippen LogP contribution in [0.1, 0.15) is 29.6 Å². The number of hydrazine groups is 1. The molecule has 2 rings (SSSR count). The quantitative estimate of drug-likeness (QED) is 0.557. The van der Waals surface area contributed by atoms with Gasteiger partial charge in [0.25, 0.3) is 0 Å². The molecule has 2 heterocycles. The number of hydrogen-bond acceptors (Lipinski definition) is 7. The van der Waals surface area contributed by atoms with E-state index in [0.29, 0.717) is 12.4 Å². The smallest absolute Gasteiger partial charge is 0.152 e. The first-order valence-electron chi connectivity index (χ1n) is 7.02. The van der Waals surface area contributed by atoms with E-state index in [1.807, 2.05) is 7.05 Å². The summed E-state index contributed by atoms with van der Waals surface area (Å²) in [6.45, 7) is 7.37. The highest BCUT2D eigenvalue weighted by Gasteiger charge is 2.14. The largest absolute Gasteiger partial charge is 0.393 e. The van der Waals surface area contributed by atoms with Gasteiger partial charge in [-0.1, -0.05) is 0 Å². The Morgan fingerprint density at radius 2 is 2.10 bits per heavy atom. The summed E-state index contributed by atoms with van der Waals surface area (Å²) in [6.07, 6.45) is 0.442. The van der Waals surface area contributed by atoms with E-state index in [4.69, 9.17) is 5.84 Å². The van der Waals surface area contributed by atoms with Gasteiger partial charge < -0.3 is 10.5 Å². The van der Waals surface area contributed by atoms with Crippen LogP contribution < -0.4 is 11.3 Å². The van der Waals surface area contributed by atoms with Crippen molar-refractivity contribution >= 4 is 27.4 Å². The number of hydrogen-bond donors (Lipinski definition) is 3. The van der Waals surface area contributed by atoms with E-state index in [-0.39, 0.29) is 6.10 Å². The van der Waals surface area contributed by atoms with Crippen molar-refractivity contribution in [1.82, 2.24) is 14.9 Å². The van der Waals surface area contributed by atoms with Crippen LogP contribution in [0, 0.1) is 13.8 Å². The fraction of sp³-hybridized carbons (Fsp3) is 0.571. The van der Waals surface area contributed by atoms with Gasteiger partial charge in [0.2, 0.25) is 0 Å². The zero-order chi connectivity index (χ0) is 15.6. The molecule has 4 N–H and O–H groups in total. The summed E-state index contributed by atoms with van der Waals surface area (Å²) in [5.41, 5.74) is 3.86. The van der Waals surface area contributed by atoms with Gasteiger partial charge in [-0.15, -0.1) is 11.3 Å². The van der Waals surface area contributed by atoms with E-state index in [0.717, 1.165) is 29.0 Å². The summed E-state index contributed by atoms with van der Waals surface area (Å²) in [4.78, 5) is 13.5. The molecule has 0 aliphatic carbocycles. The summed E-state index contributed by atoms with van der Waals surface area (Å²) in [5, 5.41) is 10.4. The number of aromatic nitrogens is 2. The lowest BCUT2D eigenvalue weighted by molar-refractivity contribution is 0.162. The lowest BCUT2D eigenvalue weighted by Gasteiger charge is -2.17. The highest BCUT2D eigenvalue weighted by Crippen LogP contribution is 2.32. The molecule has 0 saturated carbocycles. The minimum absolute atomic E-state index is 0.292. The molecular formula is C14H23N5OS. The predicted octanol–water partition coefficient (Wildman–Crippen LogP) is 1.80. The molecule has 0 aliphatic rings. The summed E-state index contributed by atoms with van der Waals surface area (Å²) in [5.74, 6) is 7.03. The van der Waals surface area contributed by atoms with Crippen LogP contribution in [0.5, 0.6) is 0 Å². The number of nitrogens with two attached hydrogens (primary N) is 1. The number of aryl methyl sites for hydroxylation is 2. The lowest BCUT2D eigenvalue weighted by Crippen LogP contribution is -2.23. The Kier molecular flexibility index (Phi) is 5.10. The maximum atomic E-state index is 9.34. The molecule has 21 heavy (non-hydrogen) atoms. The Labute approximate surface area is 129 Å². The number of rotatable bonds is 6. The molecule has 0 spiro atoms. The van der Waals surface area contributed by atoms with Crippen LogP contribution in [0.3, 0.4) is 0 Å². The Bertz CT molecular complexity index is 625. The molecule has 7 heteroatoms. The molecule has 0 amide bonds. The van der Waals surface area contributed by atoms with E-state index in [9.17, 15) is 5.11 Å². The lowest BCUT2D eigenvalue weighted by atomic mass is 10.2. The summed E-state index contributed by atoms with van der Waals surface area (Å²) in [6, 6.07) is 0. The first-order chi connectivity index (χ1) is 9.92. The van der Waals surface area contributed by atoms with Crippen LogP contribution in [-0.4, -0.2) is 39.7 Å². The Morgan fingerprint density at radius 1 is 1.38 bits per heavy atom. The van der Waals surface area contributed by atoms with Crippen molar-refractivity contribution in [2.45, 2.75) is 39.8 Å². The van der Waals surface area contributed by atoms with E-state index in [1.165, 1.54) is 10.4 Å². The average molecular weight is 309 g/mol. The van der Waals surface area contributed by atoms with Gasteiger partial charge in [-0.2, -0.15) is 0 Å². The number of nitrogen functional groups attached to an aromatic ring is 1. The van der Waals surface area contributed by atoms with Crippen molar-refractivity contribution < 1.29 is 5.11 Å². The maximum Gasteiger partial charge on any atom is 0.152 e. The highest BCUT2D eigenvalue weighted by atomic mass is 32.1. The molecule has 0 aromatic carbocycles. The van der Waals surface area contributed by atoms with Gasteiger partial charge in [0.15, 0.2) is 5.82 Å². The number of nitrogens with one attached hydrogen (secondary N) is 1. The van der Waals surface area contributed by atoms with Crippen molar-refractivity contribution in [3.05, 3.63) is 16.3 Å². The molecule has 116 valence electrons. The third-order valence-corrected chi connectivity index (χ3v) is 4.65. The van der Waals surface area contributed by atoms with Crippen molar-refractivity contribution in [3.63, 3.8) is 0 Å². The standard InChI is InChI=1S/C14H23N5OS/c1-8(20)5-6-19(4)7-11-16-13(18-15)12-9(2)10(3)21-14(12)17-11/h8,20H,5-7,15H2,1-4H3,(H,16,17,18). The zero-order valence-electron chi connectivity index (χ0n) is 13.0. The summed E-state index contributed by atoms with van der Waals surface area (Å²) in [7, 11) is 2.00. The molecule has 2 aromatic rings. The maximum absolute atomic E-state index is 9.34. The van der Waals surface area contributed by atoms with Crippen LogP contribution in [-0.2, 0) is 6.54 Å². The second kappa shape index (κ2) is 6.65. The third-order valence-electron chi connectivity index (χ3n) is 3.55. The zero-order valence-corrected chi connectivity index (χ0v) is 13.8. The van der Waals surface area contributed by atoms with E-state index >= 15 is 0 Å². The second-order valence-corrected chi connectivity index (χ2v) is 6.67. The van der Waals surface area contributed by atoms with Gasteiger partial charge in [-0.25, -0.2) is 15.8 Å². The second-order valence-electron chi connectivity index (χ2n) is 5.47. The third kappa shape index (κ3) is 3.68. The molecule has 6 nitrogen and oxygen atoms in total. The van der Waals surface area contributed by atoms with E-state index < -0.39 is 0 Å². The molecule has 0 saturated heterocycles. The van der Waals surface area contributed by atoms with Crippen LogP contribution >= 0.6 is 11.3 Å². The van der Waals surface area contributed by atoms with Crippen LogP contribution in [0.4, 0.5) is 5.82 Å². The number of aliphatic hydroxyl groups is 1. The van der Waals surface area contributed by atoms with Crippen LogP contribution in [0.2, 0.25) is 0 Å². The minimum atomic E-state index is -0.292. The van der Waals surface area contributed by atoms with Crippen molar-refractivity contribution in [3.8, 4) is 0 Å². The molecular weight excluding hydrogens is 286 g/mol. The van der Waals surface area contributed by atoms with Gasteiger partial charge in [0.05, 0.1) is 18.0 Å². The topological polar surface area (TPSA) is 87.3 Å². The first-order valence-corrected chi connectivity index (χ1v) is 7.83. The Hall–Kier alpha value is -1.28. The van der Waals surface area contributed by atoms with Gasteiger partial charge in [0.1, 0.15) is 10.7 Å². The number of aliphatic hydroxyl groups excluding tert-OH is 1. The molecule has 1 atom stereocenters. The molecule has 0 radical (unpaired) electrons. The Balaban J connectivity index is 2.25. The minimum Gasteiger partial charge on any atom is -0.393 e. The van der Waals surface area contributed by atoms with Crippen molar-refractivity contribution in [2.75, 3.05) is 19.0 Å². The first kappa shape index (κ1) is 16.1. The molecule has 0 fully saturated rings. The number of thiophene rings is 1. The monoisotopic (exact) mass is 309 g/mol. The van der Waals surface area contributed by atoms with Gasteiger partial charge in [-0.05, 0) is 39.8 Å². The normalized spacial score (nSPS) is 13.1. The van der Waals surface area contributed by atoms with E-state index in [2.05, 4.69) is 34.1 Å². The molecule has 0 bridgehead atoms. The fourth-order valence-corrected chi connectivity index (χ4v) is 3.24. The van der Waals surface area contributed by atoms with Gasteiger partial charge in [-0.3, -0.25) is 4.90 Å². The molecule has 2 aromatic heterocycles. The number of fused-ring (bicyclic) bond motifs is 1. The van der Waals surface area contributed by atoms with E-state index in [1.54, 1.807) is 18.3 Å². The average Bonchev–Trinajstić information content (AvgIpc) is 2.71. The number of anilines is 1. The van der Waals surface area contributed by atoms with Crippen LogP contribution in [0.15, 0.2) is 0 Å².